The van der Waals surface area contributed by atoms with Gasteiger partial charge in [-0.15, -0.1) is 12.4 Å². The minimum Gasteiger partial charge on any atom is -0.314 e. The van der Waals surface area contributed by atoms with Gasteiger partial charge in [0.1, 0.15) is 0 Å². The Hall–Kier alpha value is -0.880. The molecule has 0 spiro atoms. The quantitative estimate of drug-likeness (QED) is 0.622. The lowest BCUT2D eigenvalue weighted by molar-refractivity contribution is -0.385. The van der Waals surface area contributed by atoms with Gasteiger partial charge in [0, 0.05) is 29.2 Å². The molecule has 0 bridgehead atoms. The summed E-state index contributed by atoms with van der Waals surface area (Å²) >= 11 is 5.86. The molecule has 2 aliphatic rings. The van der Waals surface area contributed by atoms with E-state index in [4.69, 9.17) is 11.6 Å². The molecule has 23 heavy (non-hydrogen) atoms. The van der Waals surface area contributed by atoms with Gasteiger partial charge in [0.25, 0.3) is 5.69 Å². The van der Waals surface area contributed by atoms with E-state index in [-0.39, 0.29) is 23.0 Å². The lowest BCUT2D eigenvalue weighted by Gasteiger charge is -2.32. The number of nitro groups is 1. The zero-order valence-corrected chi connectivity index (χ0v) is 14.6. The SMILES string of the molecule is Cl.O=[N+]([O-])c1cc(Cl)ccc1CN1CCC(NCC2CC2)CC1. The molecule has 1 saturated heterocycles. The molecule has 1 aliphatic carbocycles. The van der Waals surface area contributed by atoms with Crippen molar-refractivity contribution in [3.63, 3.8) is 0 Å². The third kappa shape index (κ3) is 5.31. The molecular weight excluding hydrogens is 337 g/mol. The Bertz CT molecular complexity index is 544. The van der Waals surface area contributed by atoms with Crippen LogP contribution in [0.15, 0.2) is 18.2 Å². The Morgan fingerprint density at radius 3 is 2.57 bits per heavy atom. The minimum absolute atomic E-state index is 0. The normalized spacial score (nSPS) is 19.3. The van der Waals surface area contributed by atoms with Crippen LogP contribution in [-0.2, 0) is 6.54 Å². The van der Waals surface area contributed by atoms with Gasteiger partial charge in [0.15, 0.2) is 0 Å². The van der Waals surface area contributed by atoms with Crippen LogP contribution in [0, 0.1) is 16.0 Å². The van der Waals surface area contributed by atoms with Crippen LogP contribution in [0.5, 0.6) is 0 Å². The number of nitrogens with zero attached hydrogens (tertiary/aromatic N) is 2. The van der Waals surface area contributed by atoms with Gasteiger partial charge in [-0.3, -0.25) is 15.0 Å². The Balaban J connectivity index is 0.00000192. The highest BCUT2D eigenvalue weighted by Gasteiger charge is 2.25. The van der Waals surface area contributed by atoms with Gasteiger partial charge >= 0.3 is 0 Å². The minimum atomic E-state index is -0.342. The van der Waals surface area contributed by atoms with Crippen LogP contribution in [0.25, 0.3) is 0 Å². The number of rotatable bonds is 6. The predicted octanol–water partition coefficient (Wildman–Crippen LogP) is 3.63. The summed E-state index contributed by atoms with van der Waals surface area (Å²) in [6.07, 6.45) is 5.00. The maximum absolute atomic E-state index is 11.1. The number of hydrogen-bond donors (Lipinski definition) is 1. The molecule has 5 nitrogen and oxygen atoms in total. The fourth-order valence-electron chi connectivity index (χ4n) is 3.03. The summed E-state index contributed by atoms with van der Waals surface area (Å²) < 4.78 is 0. The summed E-state index contributed by atoms with van der Waals surface area (Å²) in [6, 6.07) is 5.56. The first-order valence-corrected chi connectivity index (χ1v) is 8.38. The number of nitrogens with one attached hydrogen (secondary N) is 1. The second-order valence-electron chi connectivity index (χ2n) is 6.43. The van der Waals surface area contributed by atoms with Gasteiger partial charge in [-0.2, -0.15) is 0 Å². The summed E-state index contributed by atoms with van der Waals surface area (Å²) in [5, 5.41) is 15.2. The third-order valence-electron chi connectivity index (χ3n) is 4.62. The van der Waals surface area contributed by atoms with E-state index in [0.29, 0.717) is 17.6 Å². The predicted molar refractivity (Wildman–Crippen MR) is 94.4 cm³/mol. The van der Waals surface area contributed by atoms with E-state index in [1.807, 2.05) is 0 Å². The molecule has 1 heterocycles. The van der Waals surface area contributed by atoms with Crippen molar-refractivity contribution in [1.29, 1.82) is 0 Å². The average Bonchev–Trinajstić information content (AvgIpc) is 3.32. The number of benzene rings is 1. The lowest BCUT2D eigenvalue weighted by atomic mass is 10.0. The van der Waals surface area contributed by atoms with Gasteiger partial charge in [0.05, 0.1) is 4.92 Å². The molecule has 1 aromatic carbocycles. The van der Waals surface area contributed by atoms with E-state index in [9.17, 15) is 10.1 Å². The second-order valence-corrected chi connectivity index (χ2v) is 6.87. The van der Waals surface area contributed by atoms with E-state index in [1.54, 1.807) is 12.1 Å². The molecule has 128 valence electrons. The lowest BCUT2D eigenvalue weighted by Crippen LogP contribution is -2.42. The molecule has 1 saturated carbocycles. The van der Waals surface area contributed by atoms with E-state index in [2.05, 4.69) is 10.2 Å². The Kier molecular flexibility index (Phi) is 6.65. The van der Waals surface area contributed by atoms with E-state index >= 15 is 0 Å². The number of likely N-dealkylation sites (tertiary alicyclic amines) is 1. The molecule has 7 heteroatoms. The summed E-state index contributed by atoms with van der Waals surface area (Å²) in [5.41, 5.74) is 0.875. The molecule has 0 atom stereocenters. The van der Waals surface area contributed by atoms with Crippen LogP contribution in [-0.4, -0.2) is 35.5 Å². The van der Waals surface area contributed by atoms with Gasteiger partial charge in [-0.05, 0) is 63.4 Å². The Morgan fingerprint density at radius 2 is 1.96 bits per heavy atom. The van der Waals surface area contributed by atoms with Crippen LogP contribution in [0.4, 0.5) is 5.69 Å². The summed E-state index contributed by atoms with van der Waals surface area (Å²) in [4.78, 5) is 13.1. The highest BCUT2D eigenvalue weighted by Crippen LogP contribution is 2.28. The topological polar surface area (TPSA) is 58.4 Å². The zero-order chi connectivity index (χ0) is 15.5. The van der Waals surface area contributed by atoms with Crippen molar-refractivity contribution >= 4 is 29.7 Å². The number of halogens is 2. The summed E-state index contributed by atoms with van der Waals surface area (Å²) in [5.74, 6) is 0.912. The zero-order valence-electron chi connectivity index (χ0n) is 13.0. The molecule has 0 radical (unpaired) electrons. The van der Waals surface area contributed by atoms with Crippen LogP contribution in [0.3, 0.4) is 0 Å². The molecule has 3 rings (SSSR count). The maximum Gasteiger partial charge on any atom is 0.275 e. The van der Waals surface area contributed by atoms with Crippen LogP contribution >= 0.6 is 24.0 Å². The molecule has 0 amide bonds. The standard InChI is InChI=1S/C16H22ClN3O2.ClH/c17-14-4-3-13(16(9-14)20(21)22)11-19-7-5-15(6-8-19)18-10-12-1-2-12;/h3-4,9,12,15,18H,1-2,5-8,10-11H2;1H. The molecule has 2 fully saturated rings. The molecule has 1 aromatic rings. The van der Waals surface area contributed by atoms with Crippen molar-refractivity contribution in [2.75, 3.05) is 19.6 Å². The molecule has 1 aliphatic heterocycles. The number of piperidine rings is 1. The van der Waals surface area contributed by atoms with Crippen LogP contribution in [0.1, 0.15) is 31.2 Å². The fraction of sp³-hybridized carbons (Fsp3) is 0.625. The van der Waals surface area contributed by atoms with Crippen molar-refractivity contribution in [2.45, 2.75) is 38.3 Å². The highest BCUT2D eigenvalue weighted by molar-refractivity contribution is 6.30. The maximum atomic E-state index is 11.1. The monoisotopic (exact) mass is 359 g/mol. The Morgan fingerprint density at radius 1 is 1.26 bits per heavy atom. The largest absolute Gasteiger partial charge is 0.314 e. The molecule has 0 unspecified atom stereocenters. The van der Waals surface area contributed by atoms with Crippen molar-refractivity contribution in [2.24, 2.45) is 5.92 Å². The van der Waals surface area contributed by atoms with E-state index in [1.165, 1.54) is 18.9 Å². The molecule has 1 N–H and O–H groups in total. The second kappa shape index (κ2) is 8.29. The number of hydrogen-bond acceptors (Lipinski definition) is 4. The summed E-state index contributed by atoms with van der Waals surface area (Å²) in [6.45, 7) is 3.76. The van der Waals surface area contributed by atoms with Crippen LogP contribution in [0.2, 0.25) is 5.02 Å². The molecule has 0 aromatic heterocycles. The Labute approximate surface area is 147 Å². The third-order valence-corrected chi connectivity index (χ3v) is 4.85. The van der Waals surface area contributed by atoms with Crippen LogP contribution < -0.4 is 5.32 Å². The first-order valence-electron chi connectivity index (χ1n) is 8.00. The fourth-order valence-corrected chi connectivity index (χ4v) is 3.20. The average molecular weight is 360 g/mol. The van der Waals surface area contributed by atoms with E-state index in [0.717, 1.165) is 44.0 Å². The van der Waals surface area contributed by atoms with Gasteiger partial charge in [-0.1, -0.05) is 11.6 Å². The van der Waals surface area contributed by atoms with Gasteiger partial charge in [0.2, 0.25) is 0 Å². The highest BCUT2D eigenvalue weighted by atomic mass is 35.5. The summed E-state index contributed by atoms with van der Waals surface area (Å²) in [7, 11) is 0. The van der Waals surface area contributed by atoms with Crippen molar-refractivity contribution < 1.29 is 4.92 Å². The van der Waals surface area contributed by atoms with Gasteiger partial charge < -0.3 is 5.32 Å². The molecular formula is C16H23Cl2N3O2. The van der Waals surface area contributed by atoms with E-state index < -0.39 is 0 Å². The van der Waals surface area contributed by atoms with Crippen molar-refractivity contribution in [3.05, 3.63) is 38.9 Å². The first kappa shape index (κ1) is 18.5. The first-order chi connectivity index (χ1) is 10.6. The van der Waals surface area contributed by atoms with Crippen molar-refractivity contribution in [3.8, 4) is 0 Å². The smallest absolute Gasteiger partial charge is 0.275 e. The number of nitro benzene ring substituents is 1. The van der Waals surface area contributed by atoms with Crippen molar-refractivity contribution in [1.82, 2.24) is 10.2 Å². The van der Waals surface area contributed by atoms with Gasteiger partial charge in [-0.25, -0.2) is 0 Å².